The number of carbonyl (C=O) groups excluding carboxylic acids is 1. The fraction of sp³-hybridized carbons (Fsp3) is 0.611. The summed E-state index contributed by atoms with van der Waals surface area (Å²) in [5.74, 6) is 0.635. The highest BCUT2D eigenvalue weighted by Crippen LogP contribution is 2.15. The molecule has 1 saturated heterocycles. The maximum atomic E-state index is 12.0. The van der Waals surface area contributed by atoms with Crippen molar-refractivity contribution in [3.05, 3.63) is 29.8 Å². The molecular formula is C18H28N2O3. The molecule has 0 aromatic heterocycles. The number of aryl methyl sites for hydroxylation is 1. The minimum Gasteiger partial charge on any atom is -0.484 e. The van der Waals surface area contributed by atoms with Gasteiger partial charge in [0, 0.05) is 25.2 Å². The molecule has 1 aliphatic heterocycles. The first-order valence-electron chi connectivity index (χ1n) is 8.32. The maximum Gasteiger partial charge on any atom is 0.258 e. The van der Waals surface area contributed by atoms with Gasteiger partial charge in [-0.15, -0.1) is 0 Å². The van der Waals surface area contributed by atoms with E-state index >= 15 is 0 Å². The average Bonchev–Trinajstić information content (AvgIpc) is 2.59. The third kappa shape index (κ3) is 5.52. The highest BCUT2D eigenvalue weighted by molar-refractivity contribution is 5.77. The molecule has 5 nitrogen and oxygen atoms in total. The number of morpholine rings is 1. The summed E-state index contributed by atoms with van der Waals surface area (Å²) >= 11 is 0. The van der Waals surface area contributed by atoms with Gasteiger partial charge in [0.05, 0.1) is 13.2 Å². The summed E-state index contributed by atoms with van der Waals surface area (Å²) in [5.41, 5.74) is 1.18. The SMILES string of the molecule is CCc1ccc(OCC(=O)NCC(C)(C)N2CCOCC2)cc1. The zero-order valence-electron chi connectivity index (χ0n) is 14.4. The van der Waals surface area contributed by atoms with Crippen LogP contribution in [0.4, 0.5) is 0 Å². The molecule has 2 rings (SSSR count). The van der Waals surface area contributed by atoms with Gasteiger partial charge in [-0.2, -0.15) is 0 Å². The van der Waals surface area contributed by atoms with E-state index in [1.165, 1.54) is 5.56 Å². The second kappa shape index (κ2) is 8.31. The van der Waals surface area contributed by atoms with Crippen molar-refractivity contribution in [3.8, 4) is 5.75 Å². The molecule has 0 bridgehead atoms. The van der Waals surface area contributed by atoms with Gasteiger partial charge in [0.15, 0.2) is 6.61 Å². The van der Waals surface area contributed by atoms with Gasteiger partial charge >= 0.3 is 0 Å². The molecule has 128 valence electrons. The third-order valence-corrected chi connectivity index (χ3v) is 4.29. The Kier molecular flexibility index (Phi) is 6.42. The molecule has 1 aromatic carbocycles. The molecule has 1 fully saturated rings. The predicted molar refractivity (Wildman–Crippen MR) is 90.8 cm³/mol. The standard InChI is InChI=1S/C18H28N2O3/c1-4-15-5-7-16(8-6-15)23-13-17(21)19-14-18(2,3)20-9-11-22-12-10-20/h5-8H,4,9-14H2,1-3H3,(H,19,21). The van der Waals surface area contributed by atoms with Crippen LogP contribution in [0.25, 0.3) is 0 Å². The largest absolute Gasteiger partial charge is 0.484 e. The number of hydrogen-bond donors (Lipinski definition) is 1. The first-order valence-corrected chi connectivity index (χ1v) is 8.32. The Hall–Kier alpha value is -1.59. The molecule has 0 saturated carbocycles. The van der Waals surface area contributed by atoms with Crippen LogP contribution in [0.2, 0.25) is 0 Å². The number of nitrogens with one attached hydrogen (secondary N) is 1. The van der Waals surface area contributed by atoms with Crippen LogP contribution in [0.3, 0.4) is 0 Å². The van der Waals surface area contributed by atoms with Crippen molar-refractivity contribution in [1.29, 1.82) is 0 Å². The summed E-state index contributed by atoms with van der Waals surface area (Å²) < 4.78 is 10.9. The van der Waals surface area contributed by atoms with Crippen LogP contribution < -0.4 is 10.1 Å². The van der Waals surface area contributed by atoms with E-state index in [0.717, 1.165) is 38.5 Å². The molecule has 1 heterocycles. The lowest BCUT2D eigenvalue weighted by molar-refractivity contribution is -0.123. The summed E-state index contributed by atoms with van der Waals surface area (Å²) in [7, 11) is 0. The van der Waals surface area contributed by atoms with Crippen molar-refractivity contribution in [2.45, 2.75) is 32.7 Å². The molecule has 1 amide bonds. The lowest BCUT2D eigenvalue weighted by Gasteiger charge is -2.40. The summed E-state index contributed by atoms with van der Waals surface area (Å²) in [6, 6.07) is 7.86. The van der Waals surface area contributed by atoms with E-state index in [0.29, 0.717) is 6.54 Å². The smallest absolute Gasteiger partial charge is 0.258 e. The predicted octanol–water partition coefficient (Wildman–Crippen LogP) is 1.85. The van der Waals surface area contributed by atoms with Crippen LogP contribution in [0, 0.1) is 0 Å². The molecular weight excluding hydrogens is 292 g/mol. The van der Waals surface area contributed by atoms with Crippen molar-refractivity contribution in [2.24, 2.45) is 0 Å². The Balaban J connectivity index is 1.73. The molecule has 1 aromatic rings. The highest BCUT2D eigenvalue weighted by atomic mass is 16.5. The van der Waals surface area contributed by atoms with Crippen LogP contribution >= 0.6 is 0 Å². The number of ether oxygens (including phenoxy) is 2. The van der Waals surface area contributed by atoms with Crippen LogP contribution in [0.15, 0.2) is 24.3 Å². The number of hydrogen-bond acceptors (Lipinski definition) is 4. The summed E-state index contributed by atoms with van der Waals surface area (Å²) in [4.78, 5) is 14.3. The number of carbonyl (C=O) groups is 1. The number of amides is 1. The second-order valence-corrected chi connectivity index (χ2v) is 6.47. The van der Waals surface area contributed by atoms with E-state index in [2.05, 4.69) is 31.0 Å². The van der Waals surface area contributed by atoms with Crippen molar-refractivity contribution in [2.75, 3.05) is 39.5 Å². The second-order valence-electron chi connectivity index (χ2n) is 6.47. The summed E-state index contributed by atoms with van der Waals surface area (Å²) in [6.07, 6.45) is 0.997. The lowest BCUT2D eigenvalue weighted by Crippen LogP contribution is -2.55. The van der Waals surface area contributed by atoms with Gasteiger partial charge in [0.2, 0.25) is 0 Å². The Morgan fingerprint density at radius 2 is 1.91 bits per heavy atom. The van der Waals surface area contributed by atoms with E-state index in [-0.39, 0.29) is 18.1 Å². The van der Waals surface area contributed by atoms with Crippen LogP contribution in [0.1, 0.15) is 26.3 Å². The van der Waals surface area contributed by atoms with E-state index in [1.54, 1.807) is 0 Å². The molecule has 0 atom stereocenters. The van der Waals surface area contributed by atoms with E-state index < -0.39 is 0 Å². The first kappa shape index (κ1) is 17.8. The molecule has 0 spiro atoms. The molecule has 5 heteroatoms. The third-order valence-electron chi connectivity index (χ3n) is 4.29. The molecule has 0 unspecified atom stereocenters. The zero-order chi connectivity index (χ0) is 16.7. The van der Waals surface area contributed by atoms with Crippen LogP contribution in [0.5, 0.6) is 5.75 Å². The van der Waals surface area contributed by atoms with Gasteiger partial charge < -0.3 is 14.8 Å². The highest BCUT2D eigenvalue weighted by Gasteiger charge is 2.28. The fourth-order valence-electron chi connectivity index (χ4n) is 2.62. The van der Waals surface area contributed by atoms with Crippen LogP contribution in [-0.4, -0.2) is 55.8 Å². The van der Waals surface area contributed by atoms with Crippen molar-refractivity contribution in [3.63, 3.8) is 0 Å². The van der Waals surface area contributed by atoms with E-state index in [9.17, 15) is 4.79 Å². The Bertz CT molecular complexity index is 493. The number of benzene rings is 1. The Morgan fingerprint density at radius 3 is 2.52 bits per heavy atom. The molecule has 0 radical (unpaired) electrons. The molecule has 1 N–H and O–H groups in total. The quantitative estimate of drug-likeness (QED) is 0.833. The van der Waals surface area contributed by atoms with Crippen molar-refractivity contribution < 1.29 is 14.3 Å². The van der Waals surface area contributed by atoms with Gasteiger partial charge in [-0.25, -0.2) is 0 Å². The number of rotatable bonds is 7. The minimum atomic E-state index is -0.0918. The van der Waals surface area contributed by atoms with E-state index in [1.807, 2.05) is 24.3 Å². The average molecular weight is 320 g/mol. The van der Waals surface area contributed by atoms with Crippen molar-refractivity contribution >= 4 is 5.91 Å². The molecule has 1 aliphatic rings. The maximum absolute atomic E-state index is 12.0. The lowest BCUT2D eigenvalue weighted by atomic mass is 10.0. The first-order chi connectivity index (χ1) is 11.0. The summed E-state index contributed by atoms with van der Waals surface area (Å²) in [6.45, 7) is 10.4. The van der Waals surface area contributed by atoms with E-state index in [4.69, 9.17) is 9.47 Å². The molecule has 0 aliphatic carbocycles. The molecule has 23 heavy (non-hydrogen) atoms. The van der Waals surface area contributed by atoms with Gasteiger partial charge in [0.25, 0.3) is 5.91 Å². The monoisotopic (exact) mass is 320 g/mol. The van der Waals surface area contributed by atoms with Crippen molar-refractivity contribution in [1.82, 2.24) is 10.2 Å². The van der Waals surface area contributed by atoms with Gasteiger partial charge in [-0.1, -0.05) is 19.1 Å². The zero-order valence-corrected chi connectivity index (χ0v) is 14.4. The fourth-order valence-corrected chi connectivity index (χ4v) is 2.62. The Morgan fingerprint density at radius 1 is 1.26 bits per heavy atom. The van der Waals surface area contributed by atoms with Gasteiger partial charge in [-0.05, 0) is 38.0 Å². The Labute approximate surface area is 139 Å². The topological polar surface area (TPSA) is 50.8 Å². The minimum absolute atomic E-state index is 0.0463. The van der Waals surface area contributed by atoms with Gasteiger partial charge in [-0.3, -0.25) is 9.69 Å². The summed E-state index contributed by atoms with van der Waals surface area (Å²) in [5, 5.41) is 2.97. The van der Waals surface area contributed by atoms with Gasteiger partial charge in [0.1, 0.15) is 5.75 Å². The normalized spacial score (nSPS) is 16.1. The number of nitrogens with zero attached hydrogens (tertiary/aromatic N) is 1. The van der Waals surface area contributed by atoms with Crippen LogP contribution in [-0.2, 0) is 16.0 Å².